The van der Waals surface area contributed by atoms with Gasteiger partial charge in [-0.25, -0.2) is 4.98 Å². The highest BCUT2D eigenvalue weighted by atomic mass is 32.2. The van der Waals surface area contributed by atoms with Gasteiger partial charge in [0, 0.05) is 125 Å². The second-order valence-electron chi connectivity index (χ2n) is 34.5. The monoisotopic (exact) mass is 1920 g/mol. The summed E-state index contributed by atoms with van der Waals surface area (Å²) in [5, 5.41) is 81.1. The Kier molecular flexibility index (Phi) is 40.4. The number of amides is 16. The Labute approximate surface area is 794 Å². The van der Waals surface area contributed by atoms with Crippen LogP contribution in [0, 0.1) is 5.41 Å². The molecule has 0 spiro atoms. The Morgan fingerprint density at radius 1 is 0.547 bits per heavy atom. The van der Waals surface area contributed by atoms with Crippen LogP contribution in [0.25, 0.3) is 21.8 Å². The molecule has 6 heterocycles. The first-order chi connectivity index (χ1) is 65.4. The van der Waals surface area contributed by atoms with Gasteiger partial charge >= 0.3 is 5.97 Å². The number of aliphatic carboxylic acids is 1. The first-order valence-corrected chi connectivity index (χ1v) is 47.0. The number of imidazole rings is 1. The van der Waals surface area contributed by atoms with Gasteiger partial charge in [0.25, 0.3) is 0 Å². The van der Waals surface area contributed by atoms with E-state index in [1.807, 2.05) is 13.8 Å². The number of aromatic nitrogens is 4. The Bertz CT molecular complexity index is 5250. The standard InChI is InChI=1S/C91H128N24O21S/c1-7-9-24-70-83(129)103-61(23-16-34-97-91(94)95)79(125)110-69(78(124)100-44-74(93)119)47-137-48-75(120)102-66(36-51-27-29-55(117)30-28-51)86(132)111(4)50(3)77(123)104-62(22-15-33-92)88(134)114-35-17-26-71(114)84(130)107-65(39-54-43-96-49-101-54)81(127)105-63(31-32-76(121)122)89(135)115-45-56(118)40-73(115)85(131)106-64(37-52-41-98-59-20-13-11-18-57(52)59)80(126)109-68(46-116)82(128)108-67(38-53-42-99-60-21-14-12-19-58(53)60)87(133)113(6)72(25-10-8-2)90(136)112(70)5/h11-14,18-21,27-30,41-43,49-50,56,61-73,98-99,116-118H,7-10,15-17,22-26,31-40,44-48,92H2,1-6H3,(H2,93,119)(H,96,101)(H,100,124)(H,102,120)(H,103,129)(H,104,123)(H,105,127)(H,106,131)(H,107,130)(H,108,128)(H,109,126)(H,110,125)(H,121,122)(H4,94,95,97)/t50-,56+,61-,62-,63-,64-,65-,66-,67-,68-,69-,70-,71-,72-,73-/m0/s1. The van der Waals surface area contributed by atoms with Crippen LogP contribution in [0.4, 0.5) is 0 Å². The quantitative estimate of drug-likeness (QED) is 0.0130. The third-order valence-electron chi connectivity index (χ3n) is 24.5. The van der Waals surface area contributed by atoms with Crippen LogP contribution in [0.3, 0.4) is 0 Å². The lowest BCUT2D eigenvalue weighted by Gasteiger charge is -2.36. The number of nitrogens with zero attached hydrogens (tertiary/aromatic N) is 6. The average molecular weight is 1930 g/mol. The molecule has 0 radical (unpaired) electrons. The molecule has 3 aliphatic rings. The topological polar surface area (TPSA) is 682 Å². The maximum Gasteiger partial charge on any atom is 0.303 e. The summed E-state index contributed by atoms with van der Waals surface area (Å²) in [5.41, 5.74) is 19.8. The number of phenolic OH excluding ortho intramolecular Hbond substituents is 1. The number of carboxylic acid groups (broad SMARTS) is 1. The van der Waals surface area contributed by atoms with Gasteiger partial charge in [0.05, 0.1) is 37.0 Å². The minimum Gasteiger partial charge on any atom is -0.508 e. The third-order valence-corrected chi connectivity index (χ3v) is 25.6. The van der Waals surface area contributed by atoms with Crippen LogP contribution in [0.2, 0.25) is 0 Å². The van der Waals surface area contributed by atoms with Crippen molar-refractivity contribution < 1.29 is 102 Å². The molecule has 46 heteroatoms. The van der Waals surface area contributed by atoms with E-state index >= 15 is 43.2 Å². The number of rotatable bonds is 28. The molecule has 0 saturated carbocycles. The number of unbranched alkanes of at least 4 members (excludes halogenated alkanes) is 2. The van der Waals surface area contributed by atoms with Crippen molar-refractivity contribution in [3.05, 3.63) is 120 Å². The summed E-state index contributed by atoms with van der Waals surface area (Å²) in [4.78, 5) is 269. The molecule has 6 aromatic rings. The van der Waals surface area contributed by atoms with Gasteiger partial charge in [-0.15, -0.1) is 11.8 Å². The number of likely N-dealkylation sites (N-methyl/N-ethyl adjacent to an activating group) is 3. The summed E-state index contributed by atoms with van der Waals surface area (Å²) in [6.07, 6.45) is 2.85. The molecule has 15 atom stereocenters. The molecule has 3 fully saturated rings. The molecular weight excluding hydrogens is 1800 g/mol. The summed E-state index contributed by atoms with van der Waals surface area (Å²) in [5.74, 6) is -18.1. The van der Waals surface area contributed by atoms with Crippen molar-refractivity contribution in [3.8, 4) is 5.75 Å². The van der Waals surface area contributed by atoms with Crippen molar-refractivity contribution in [2.45, 2.75) is 233 Å². The van der Waals surface area contributed by atoms with E-state index in [2.05, 4.69) is 78.4 Å². The molecule has 3 aromatic heterocycles. The van der Waals surface area contributed by atoms with E-state index in [4.69, 9.17) is 22.6 Å². The number of carbonyl (C=O) groups excluding carboxylic acids is 16. The number of hydrogen-bond acceptors (Lipinski definition) is 24. The number of benzene rings is 3. The van der Waals surface area contributed by atoms with Gasteiger partial charge in [-0.2, -0.15) is 0 Å². The van der Waals surface area contributed by atoms with Gasteiger partial charge in [0.15, 0.2) is 5.96 Å². The number of aromatic amines is 3. The van der Waals surface area contributed by atoms with Crippen molar-refractivity contribution in [2.24, 2.45) is 17.2 Å². The number of para-hydroxylation sites is 2. The van der Waals surface area contributed by atoms with Gasteiger partial charge in [-0.05, 0) is 112 Å². The molecule has 3 aliphatic heterocycles. The lowest BCUT2D eigenvalue weighted by molar-refractivity contribution is -0.149. The first-order valence-electron chi connectivity index (χ1n) is 45.9. The van der Waals surface area contributed by atoms with Crippen molar-refractivity contribution >= 4 is 140 Å². The number of carboxylic acids is 1. The number of aliphatic hydroxyl groups excluding tert-OH is 2. The van der Waals surface area contributed by atoms with Crippen molar-refractivity contribution in [1.82, 2.24) is 103 Å². The minimum atomic E-state index is -1.93. The normalized spacial score (nSPS) is 24.5. The summed E-state index contributed by atoms with van der Waals surface area (Å²) in [6, 6.07) is -2.49. The number of aromatic hydroxyl groups is 1. The van der Waals surface area contributed by atoms with Crippen molar-refractivity contribution in [2.75, 3.05) is 72.0 Å². The molecule has 25 N–H and O–H groups in total. The van der Waals surface area contributed by atoms with E-state index in [-0.39, 0.29) is 108 Å². The fraction of sp³-hybridized carbons (Fsp3) is 0.527. The van der Waals surface area contributed by atoms with Crippen LogP contribution < -0.4 is 75.7 Å². The van der Waals surface area contributed by atoms with Gasteiger partial charge in [0.2, 0.25) is 94.5 Å². The van der Waals surface area contributed by atoms with Gasteiger partial charge < -0.3 is 136 Å². The summed E-state index contributed by atoms with van der Waals surface area (Å²) < 4.78 is 0. The van der Waals surface area contributed by atoms with E-state index in [1.165, 1.54) is 69.8 Å². The molecule has 45 nitrogen and oxygen atoms in total. The Morgan fingerprint density at radius 3 is 1.69 bits per heavy atom. The lowest BCUT2D eigenvalue weighted by Crippen LogP contribution is -2.61. The van der Waals surface area contributed by atoms with E-state index < -0.39 is 248 Å². The predicted molar refractivity (Wildman–Crippen MR) is 502 cm³/mol. The van der Waals surface area contributed by atoms with Gasteiger partial charge in [-0.3, -0.25) is 86.9 Å². The number of nitrogens with one attached hydrogen (secondary N) is 15. The number of thioether (sulfide) groups is 1. The number of primary amides is 1. The Balaban J connectivity index is 1.11. The predicted octanol–water partition coefficient (Wildman–Crippen LogP) is -3.25. The second-order valence-corrected chi connectivity index (χ2v) is 35.6. The van der Waals surface area contributed by atoms with Crippen LogP contribution in [0.1, 0.15) is 139 Å². The number of fused-ring (bicyclic) bond motifs is 4. The Hall–Kier alpha value is -13.8. The molecule has 16 amide bonds. The SMILES string of the molecule is CCCC[C@H]1C(=O)N(C)[C@@H](CCCC)C(=O)N[C@@H](CCCNC(=N)N)C(=O)N[C@H](C(=O)NCC(N)=O)CSCC(=O)N[C@@H](Cc2ccc(O)cc2)C(=O)N(C)[C@@H](C)C(=O)N[C@@H](CCCN)C(=O)N2CCC[C@H]2C(=O)N[C@@H](Cc2c[nH]cn2)C(=O)N[C@@H](CCC(=O)O)C(=O)N2C[C@H](O)C[C@H]2C(=O)N[C@@H](Cc2c[nH]c3ccccc23)C(=O)N[C@@H](CO)C(=O)N[C@@H](Cc2c[nH]c3ccccc23)C(=O)N1C. The summed E-state index contributed by atoms with van der Waals surface area (Å²) >= 11 is 0.775. The third kappa shape index (κ3) is 30.1. The largest absolute Gasteiger partial charge is 0.508 e. The fourth-order valence-corrected chi connectivity index (χ4v) is 17.7. The van der Waals surface area contributed by atoms with Crippen LogP contribution in [0.15, 0.2) is 97.7 Å². The maximum absolute atomic E-state index is 15.8. The average Bonchev–Trinajstić information content (AvgIpc) is 1.68. The fourth-order valence-electron chi connectivity index (χ4n) is 16.8. The molecule has 3 saturated heterocycles. The summed E-state index contributed by atoms with van der Waals surface area (Å²) in [7, 11) is 3.93. The molecule has 9 rings (SSSR count). The van der Waals surface area contributed by atoms with Crippen LogP contribution >= 0.6 is 11.8 Å². The highest BCUT2D eigenvalue weighted by Gasteiger charge is 2.47. The number of carbonyl (C=O) groups is 17. The van der Waals surface area contributed by atoms with E-state index in [9.17, 15) is 58.8 Å². The van der Waals surface area contributed by atoms with Crippen molar-refractivity contribution in [1.29, 1.82) is 5.41 Å². The number of H-pyrrole nitrogens is 3. The van der Waals surface area contributed by atoms with E-state index in [0.29, 0.717) is 64.2 Å². The van der Waals surface area contributed by atoms with E-state index in [0.717, 1.165) is 31.4 Å². The maximum atomic E-state index is 15.8. The molecular formula is C91H128N24O21S. The first kappa shape index (κ1) is 107. The lowest BCUT2D eigenvalue weighted by atomic mass is 10.00. The highest BCUT2D eigenvalue weighted by molar-refractivity contribution is 8.00. The molecule has 0 aliphatic carbocycles. The van der Waals surface area contributed by atoms with Crippen LogP contribution in [-0.4, -0.2) is 334 Å². The number of hydrogen-bond donors (Lipinski definition) is 22. The molecule has 744 valence electrons. The van der Waals surface area contributed by atoms with Crippen LogP contribution in [0.5, 0.6) is 5.75 Å². The van der Waals surface area contributed by atoms with Gasteiger partial charge in [-0.1, -0.05) is 88.1 Å². The molecule has 3 aromatic carbocycles. The summed E-state index contributed by atoms with van der Waals surface area (Å²) in [6.45, 7) is 2.51. The minimum absolute atomic E-state index is 0.0121. The van der Waals surface area contributed by atoms with Crippen LogP contribution in [-0.2, 0) is 107 Å². The number of phenols is 1. The van der Waals surface area contributed by atoms with E-state index in [1.54, 1.807) is 60.9 Å². The zero-order chi connectivity index (χ0) is 99.9. The number of guanidine groups is 1. The zero-order valence-corrected chi connectivity index (χ0v) is 78.4. The zero-order valence-electron chi connectivity index (χ0n) is 77.5. The smallest absolute Gasteiger partial charge is 0.303 e. The second kappa shape index (κ2) is 51.8. The number of aliphatic hydroxyl groups is 2. The number of nitrogens with two attached hydrogens (primary N) is 3. The molecule has 0 bridgehead atoms. The highest BCUT2D eigenvalue weighted by Crippen LogP contribution is 2.28. The van der Waals surface area contributed by atoms with Gasteiger partial charge in [0.1, 0.15) is 90.3 Å². The molecule has 137 heavy (non-hydrogen) atoms. The Morgan fingerprint density at radius 2 is 1.08 bits per heavy atom. The molecule has 0 unspecified atom stereocenters. The van der Waals surface area contributed by atoms with Crippen molar-refractivity contribution in [3.63, 3.8) is 0 Å².